The molecule has 8 heteroatoms. The molecule has 6 rings (SSSR count). The number of amides is 1. The number of nitrogens with one attached hydrogen (secondary N) is 1. The van der Waals surface area contributed by atoms with Gasteiger partial charge >= 0.3 is 6.09 Å². The molecule has 1 aliphatic heterocycles. The maximum absolute atomic E-state index is 11.4. The number of nitrogens with zero attached hydrogens (tertiary/aromatic N) is 3. The Hall–Kier alpha value is -3.91. The lowest BCUT2D eigenvalue weighted by Crippen LogP contribution is -2.50. The van der Waals surface area contributed by atoms with Crippen LogP contribution in [0.1, 0.15) is 24.8 Å². The third-order valence-corrected chi connectivity index (χ3v) is 7.05. The largest absolute Gasteiger partial charge is 0.465 e. The van der Waals surface area contributed by atoms with E-state index in [1.165, 1.54) is 0 Å². The molecular formula is C27H26N4O4. The summed E-state index contributed by atoms with van der Waals surface area (Å²) in [5.74, 6) is 1.36. The van der Waals surface area contributed by atoms with Crippen molar-refractivity contribution in [2.24, 2.45) is 0 Å². The number of fused-ring (bicyclic) bond motifs is 1. The highest BCUT2D eigenvalue weighted by Gasteiger charge is 2.40. The molecular weight excluding hydrogens is 444 g/mol. The lowest BCUT2D eigenvalue weighted by molar-refractivity contribution is 0.122. The Kier molecular flexibility index (Phi) is 5.37. The zero-order chi connectivity index (χ0) is 23.8. The minimum Gasteiger partial charge on any atom is -0.465 e. The van der Waals surface area contributed by atoms with Gasteiger partial charge in [-0.2, -0.15) is 4.98 Å². The van der Waals surface area contributed by atoms with Gasteiger partial charge in [0.05, 0.1) is 24.1 Å². The Morgan fingerprint density at radius 2 is 1.74 bits per heavy atom. The van der Waals surface area contributed by atoms with Crippen molar-refractivity contribution in [2.45, 2.75) is 24.8 Å². The summed E-state index contributed by atoms with van der Waals surface area (Å²) in [5.41, 5.74) is 3.89. The number of ether oxygens (including phenoxy) is 1. The first-order chi connectivity index (χ1) is 17.1. The van der Waals surface area contributed by atoms with Crippen LogP contribution in [0.5, 0.6) is 0 Å². The minimum atomic E-state index is -0.993. The van der Waals surface area contributed by atoms with Crippen LogP contribution in [-0.2, 0) is 10.3 Å². The van der Waals surface area contributed by atoms with E-state index in [2.05, 4.69) is 27.3 Å². The molecule has 2 aliphatic rings. The molecule has 0 atom stereocenters. The summed E-state index contributed by atoms with van der Waals surface area (Å²) in [6, 6.07) is 18.1. The molecule has 3 heterocycles. The van der Waals surface area contributed by atoms with Crippen molar-refractivity contribution in [1.29, 1.82) is 0 Å². The standard InChI is InChI=1S/C27H26N4O4/c32-26(33)30-27(11-4-12-27)20-9-7-19(8-10-20)23-22(18-5-2-1-3-6-18)21-17-28-25(29-24(21)35-23)31-13-15-34-16-14-31/h1-3,5-10,17,30H,4,11-16H2,(H,32,33). The molecule has 2 aromatic heterocycles. The fourth-order valence-corrected chi connectivity index (χ4v) is 5.05. The van der Waals surface area contributed by atoms with Crippen LogP contribution in [0.3, 0.4) is 0 Å². The molecule has 8 nitrogen and oxygen atoms in total. The maximum atomic E-state index is 11.4. The second-order valence-corrected chi connectivity index (χ2v) is 9.10. The molecule has 1 saturated heterocycles. The number of anilines is 1. The summed E-state index contributed by atoms with van der Waals surface area (Å²) >= 11 is 0. The van der Waals surface area contributed by atoms with Crippen LogP contribution in [0.25, 0.3) is 33.6 Å². The van der Waals surface area contributed by atoms with Crippen LogP contribution in [0, 0.1) is 0 Å². The average Bonchev–Trinajstić information content (AvgIpc) is 3.26. The van der Waals surface area contributed by atoms with Gasteiger partial charge in [-0.3, -0.25) is 0 Å². The molecule has 1 saturated carbocycles. The normalized spacial score (nSPS) is 17.2. The fourth-order valence-electron chi connectivity index (χ4n) is 5.05. The van der Waals surface area contributed by atoms with Gasteiger partial charge in [0.2, 0.25) is 11.7 Å². The van der Waals surface area contributed by atoms with E-state index in [-0.39, 0.29) is 0 Å². The van der Waals surface area contributed by atoms with Gasteiger partial charge in [0.25, 0.3) is 0 Å². The molecule has 2 aromatic carbocycles. The van der Waals surface area contributed by atoms with Crippen LogP contribution >= 0.6 is 0 Å². The molecule has 1 aliphatic carbocycles. The van der Waals surface area contributed by atoms with E-state index in [0.29, 0.717) is 24.9 Å². The molecule has 2 N–H and O–H groups in total. The predicted octanol–water partition coefficient (Wildman–Crippen LogP) is 5.04. The van der Waals surface area contributed by atoms with Gasteiger partial charge in [0, 0.05) is 30.4 Å². The molecule has 35 heavy (non-hydrogen) atoms. The lowest BCUT2D eigenvalue weighted by Gasteiger charge is -2.42. The monoisotopic (exact) mass is 470 g/mol. The van der Waals surface area contributed by atoms with Crippen molar-refractivity contribution in [3.63, 3.8) is 0 Å². The van der Waals surface area contributed by atoms with E-state index in [4.69, 9.17) is 14.1 Å². The number of morpholine rings is 1. The first kappa shape index (κ1) is 21.6. The van der Waals surface area contributed by atoms with E-state index in [9.17, 15) is 9.90 Å². The first-order valence-electron chi connectivity index (χ1n) is 11.9. The van der Waals surface area contributed by atoms with Gasteiger partial charge in [-0.15, -0.1) is 0 Å². The maximum Gasteiger partial charge on any atom is 0.405 e. The Labute approximate surface area is 202 Å². The highest BCUT2D eigenvalue weighted by molar-refractivity contribution is 6.00. The Balaban J connectivity index is 1.43. The number of hydrogen-bond donors (Lipinski definition) is 2. The van der Waals surface area contributed by atoms with Crippen LogP contribution in [-0.4, -0.2) is 47.5 Å². The third-order valence-electron chi connectivity index (χ3n) is 7.05. The number of rotatable bonds is 5. The van der Waals surface area contributed by atoms with Crippen LogP contribution in [0.2, 0.25) is 0 Å². The number of benzene rings is 2. The molecule has 0 bridgehead atoms. The number of hydrogen-bond acceptors (Lipinski definition) is 6. The van der Waals surface area contributed by atoms with Gasteiger partial charge in [-0.05, 0) is 30.4 Å². The molecule has 178 valence electrons. The van der Waals surface area contributed by atoms with Crippen molar-refractivity contribution >= 4 is 23.1 Å². The van der Waals surface area contributed by atoms with Crippen molar-refractivity contribution in [2.75, 3.05) is 31.2 Å². The van der Waals surface area contributed by atoms with E-state index in [0.717, 1.165) is 65.8 Å². The number of furan rings is 1. The fraction of sp³-hybridized carbons (Fsp3) is 0.296. The number of carboxylic acid groups (broad SMARTS) is 1. The van der Waals surface area contributed by atoms with E-state index >= 15 is 0 Å². The van der Waals surface area contributed by atoms with Crippen LogP contribution < -0.4 is 10.2 Å². The summed E-state index contributed by atoms with van der Waals surface area (Å²) < 4.78 is 11.8. The zero-order valence-corrected chi connectivity index (χ0v) is 19.2. The van der Waals surface area contributed by atoms with Gasteiger partial charge in [0.1, 0.15) is 5.76 Å². The Bertz CT molecular complexity index is 1360. The lowest BCUT2D eigenvalue weighted by atomic mass is 9.72. The van der Waals surface area contributed by atoms with Crippen LogP contribution in [0.4, 0.5) is 10.7 Å². The zero-order valence-electron chi connectivity index (χ0n) is 19.2. The number of carbonyl (C=O) groups is 1. The predicted molar refractivity (Wildman–Crippen MR) is 132 cm³/mol. The van der Waals surface area contributed by atoms with Gasteiger partial charge in [-0.1, -0.05) is 54.6 Å². The SMILES string of the molecule is O=C(O)NC1(c2ccc(-c3oc4nc(N5CCOCC5)ncc4c3-c3ccccc3)cc2)CCC1. The van der Waals surface area contributed by atoms with Crippen LogP contribution in [0.15, 0.2) is 65.2 Å². The van der Waals surface area contributed by atoms with Crippen molar-refractivity contribution in [1.82, 2.24) is 15.3 Å². The molecule has 1 amide bonds. The molecule has 0 radical (unpaired) electrons. The first-order valence-corrected chi connectivity index (χ1v) is 11.9. The summed E-state index contributed by atoms with van der Waals surface area (Å²) in [7, 11) is 0. The highest BCUT2D eigenvalue weighted by atomic mass is 16.5. The smallest absolute Gasteiger partial charge is 0.405 e. The van der Waals surface area contributed by atoms with E-state index in [1.54, 1.807) is 0 Å². The Morgan fingerprint density at radius 1 is 1.00 bits per heavy atom. The second kappa shape index (κ2) is 8.70. The quantitative estimate of drug-likeness (QED) is 0.421. The van der Waals surface area contributed by atoms with Gasteiger partial charge in [0.15, 0.2) is 0 Å². The van der Waals surface area contributed by atoms with Gasteiger partial charge in [-0.25, -0.2) is 9.78 Å². The Morgan fingerprint density at radius 3 is 2.40 bits per heavy atom. The topological polar surface area (TPSA) is 101 Å². The molecule has 0 spiro atoms. The minimum absolute atomic E-state index is 0.501. The number of aromatic nitrogens is 2. The molecule has 4 aromatic rings. The van der Waals surface area contributed by atoms with Crippen molar-refractivity contribution in [3.05, 3.63) is 66.4 Å². The van der Waals surface area contributed by atoms with E-state index in [1.807, 2.05) is 48.7 Å². The van der Waals surface area contributed by atoms with E-state index < -0.39 is 11.6 Å². The van der Waals surface area contributed by atoms with Gasteiger partial charge < -0.3 is 24.5 Å². The average molecular weight is 471 g/mol. The van der Waals surface area contributed by atoms with Crippen molar-refractivity contribution < 1.29 is 19.1 Å². The summed E-state index contributed by atoms with van der Waals surface area (Å²) in [4.78, 5) is 22.9. The molecule has 0 unspecified atom stereocenters. The highest BCUT2D eigenvalue weighted by Crippen LogP contribution is 2.44. The summed E-state index contributed by atoms with van der Waals surface area (Å²) in [6.07, 6.45) is 3.47. The van der Waals surface area contributed by atoms with Crippen molar-refractivity contribution in [3.8, 4) is 22.5 Å². The third kappa shape index (κ3) is 3.89. The molecule has 2 fully saturated rings. The summed E-state index contributed by atoms with van der Waals surface area (Å²) in [5, 5.41) is 12.9. The second-order valence-electron chi connectivity index (χ2n) is 9.10. The summed E-state index contributed by atoms with van der Waals surface area (Å²) in [6.45, 7) is 2.81.